The molecule has 1 saturated carbocycles. The van der Waals surface area contributed by atoms with E-state index >= 15 is 0 Å². The number of ether oxygens (including phenoxy) is 4. The summed E-state index contributed by atoms with van der Waals surface area (Å²) in [5.74, 6) is 0.297. The smallest absolute Gasteiger partial charge is 0.108 e. The van der Waals surface area contributed by atoms with Crippen LogP contribution in [0.2, 0.25) is 0 Å². The molecule has 0 saturated heterocycles. The fraction of sp³-hybridized carbons (Fsp3) is 0.778. The Hall–Kier alpha value is -1.92. The highest BCUT2D eigenvalue weighted by molar-refractivity contribution is 4.91. The van der Waals surface area contributed by atoms with Crippen molar-refractivity contribution in [2.45, 2.75) is 45.2 Å². The van der Waals surface area contributed by atoms with Crippen LogP contribution in [-0.2, 0) is 45.3 Å². The summed E-state index contributed by atoms with van der Waals surface area (Å²) >= 11 is 0. The van der Waals surface area contributed by atoms with Crippen molar-refractivity contribution in [2.75, 3.05) is 40.1 Å². The van der Waals surface area contributed by atoms with Crippen LogP contribution in [-0.4, -0.2) is 81.3 Å². The molecule has 2 aromatic rings. The third-order valence-electron chi connectivity index (χ3n) is 4.72. The Balaban J connectivity index is 1.13. The van der Waals surface area contributed by atoms with Crippen LogP contribution in [0.4, 0.5) is 0 Å². The van der Waals surface area contributed by atoms with E-state index in [0.29, 0.717) is 65.3 Å². The summed E-state index contributed by atoms with van der Waals surface area (Å²) in [6, 6.07) is 0. The van der Waals surface area contributed by atoms with Gasteiger partial charge in [0.15, 0.2) is 0 Å². The first-order valence-electron chi connectivity index (χ1n) is 9.93. The van der Waals surface area contributed by atoms with Crippen LogP contribution in [0.3, 0.4) is 0 Å². The molecule has 1 aliphatic rings. The Morgan fingerprint density at radius 3 is 2.24 bits per heavy atom. The highest BCUT2D eigenvalue weighted by Gasteiger charge is 2.29. The van der Waals surface area contributed by atoms with Gasteiger partial charge in [-0.15, -0.1) is 10.2 Å². The molecule has 11 nitrogen and oxygen atoms in total. The minimum absolute atomic E-state index is 0.198. The molecule has 1 fully saturated rings. The van der Waals surface area contributed by atoms with E-state index in [1.54, 1.807) is 16.5 Å². The molecule has 11 heteroatoms. The zero-order valence-corrected chi connectivity index (χ0v) is 16.9. The van der Waals surface area contributed by atoms with Gasteiger partial charge in [0.05, 0.1) is 71.3 Å². The molecule has 2 aromatic heterocycles. The highest BCUT2D eigenvalue weighted by atomic mass is 16.5. The number of hydrogen-bond donors (Lipinski definition) is 1. The fourth-order valence-corrected chi connectivity index (χ4v) is 2.94. The minimum atomic E-state index is -0.198. The van der Waals surface area contributed by atoms with Gasteiger partial charge in [0.2, 0.25) is 0 Å². The second kappa shape index (κ2) is 11.9. The molecule has 0 spiro atoms. The van der Waals surface area contributed by atoms with Crippen LogP contribution in [0.15, 0.2) is 12.4 Å². The van der Waals surface area contributed by atoms with Crippen molar-refractivity contribution >= 4 is 0 Å². The van der Waals surface area contributed by atoms with E-state index in [4.69, 9.17) is 18.9 Å². The highest BCUT2D eigenvalue weighted by Crippen LogP contribution is 2.28. The molecule has 3 rings (SSSR count). The molecule has 1 N–H and O–H groups in total. The molecule has 0 aliphatic heterocycles. The topological polar surface area (TPSA) is 119 Å². The van der Waals surface area contributed by atoms with Crippen LogP contribution in [0, 0.1) is 5.92 Å². The van der Waals surface area contributed by atoms with E-state index < -0.39 is 0 Å². The van der Waals surface area contributed by atoms with Gasteiger partial charge in [0.25, 0.3) is 0 Å². The number of rotatable bonds is 15. The maximum atomic E-state index is 9.62. The second-order valence-electron chi connectivity index (χ2n) is 7.02. The summed E-state index contributed by atoms with van der Waals surface area (Å²) in [7, 11) is 1.63. The monoisotopic (exact) mass is 410 g/mol. The summed E-state index contributed by atoms with van der Waals surface area (Å²) in [5.41, 5.74) is 1.58. The molecule has 29 heavy (non-hydrogen) atoms. The number of aliphatic hydroxyl groups is 1. The molecule has 2 unspecified atom stereocenters. The number of aliphatic hydroxyl groups excluding tert-OH is 1. The zero-order valence-electron chi connectivity index (χ0n) is 16.9. The molecule has 0 bridgehead atoms. The first kappa shape index (κ1) is 21.8. The molecule has 0 amide bonds. The normalized spacial score (nSPS) is 18.8. The third-order valence-corrected chi connectivity index (χ3v) is 4.72. The van der Waals surface area contributed by atoms with E-state index in [1.165, 1.54) is 0 Å². The van der Waals surface area contributed by atoms with E-state index in [-0.39, 0.29) is 6.10 Å². The molecule has 2 heterocycles. The van der Waals surface area contributed by atoms with Gasteiger partial charge in [0, 0.05) is 19.6 Å². The van der Waals surface area contributed by atoms with E-state index in [1.807, 2.05) is 12.4 Å². The lowest BCUT2D eigenvalue weighted by atomic mass is 9.82. The SMILES string of the molecule is COCc1cn(CCOCCOCCOCc2cn(CC3CCC3O)nn2)nn1. The van der Waals surface area contributed by atoms with Crippen molar-refractivity contribution < 1.29 is 24.1 Å². The van der Waals surface area contributed by atoms with Gasteiger partial charge < -0.3 is 24.1 Å². The van der Waals surface area contributed by atoms with Crippen LogP contribution >= 0.6 is 0 Å². The van der Waals surface area contributed by atoms with Gasteiger partial charge in [-0.3, -0.25) is 4.68 Å². The lowest BCUT2D eigenvalue weighted by Gasteiger charge is -2.31. The Morgan fingerprint density at radius 2 is 1.55 bits per heavy atom. The Morgan fingerprint density at radius 1 is 0.897 bits per heavy atom. The van der Waals surface area contributed by atoms with Crippen molar-refractivity contribution in [1.82, 2.24) is 30.0 Å². The Labute approximate surface area is 169 Å². The first-order chi connectivity index (χ1) is 14.2. The maximum absolute atomic E-state index is 9.62. The van der Waals surface area contributed by atoms with Gasteiger partial charge in [-0.2, -0.15) is 0 Å². The summed E-state index contributed by atoms with van der Waals surface area (Å²) < 4.78 is 25.0. The predicted molar refractivity (Wildman–Crippen MR) is 101 cm³/mol. The Bertz CT molecular complexity index is 708. The fourth-order valence-electron chi connectivity index (χ4n) is 2.94. The van der Waals surface area contributed by atoms with Crippen LogP contribution in [0.1, 0.15) is 24.2 Å². The van der Waals surface area contributed by atoms with Crippen LogP contribution in [0.25, 0.3) is 0 Å². The minimum Gasteiger partial charge on any atom is -0.393 e. The van der Waals surface area contributed by atoms with E-state index in [0.717, 1.165) is 24.2 Å². The maximum Gasteiger partial charge on any atom is 0.108 e. The van der Waals surface area contributed by atoms with Crippen LogP contribution in [0.5, 0.6) is 0 Å². The van der Waals surface area contributed by atoms with Crippen LogP contribution < -0.4 is 0 Å². The number of methoxy groups -OCH3 is 1. The molecule has 162 valence electrons. The zero-order chi connectivity index (χ0) is 20.3. The number of hydrogen-bond acceptors (Lipinski definition) is 9. The summed E-state index contributed by atoms with van der Waals surface area (Å²) in [6.45, 7) is 4.75. The molecule has 0 aromatic carbocycles. The van der Waals surface area contributed by atoms with Gasteiger partial charge in [-0.05, 0) is 12.8 Å². The number of nitrogens with zero attached hydrogens (tertiary/aromatic N) is 6. The van der Waals surface area contributed by atoms with Gasteiger partial charge in [-0.1, -0.05) is 10.4 Å². The van der Waals surface area contributed by atoms with Crippen molar-refractivity contribution in [3.63, 3.8) is 0 Å². The van der Waals surface area contributed by atoms with Gasteiger partial charge in [0.1, 0.15) is 11.4 Å². The molecular weight excluding hydrogens is 380 g/mol. The van der Waals surface area contributed by atoms with Crippen molar-refractivity contribution in [1.29, 1.82) is 0 Å². The van der Waals surface area contributed by atoms with Crippen molar-refractivity contribution in [2.24, 2.45) is 5.92 Å². The Kier molecular flexibility index (Phi) is 8.96. The predicted octanol–water partition coefficient (Wildman–Crippen LogP) is 0.0369. The van der Waals surface area contributed by atoms with Gasteiger partial charge >= 0.3 is 0 Å². The average Bonchev–Trinajstić information content (AvgIpc) is 3.36. The molecule has 2 atom stereocenters. The standard InChI is InChI=1S/C18H30N6O5/c1-26-13-16-11-23(21-19-16)4-5-27-6-7-28-8-9-29-14-17-12-24(22-20-17)10-15-2-3-18(15)25/h11-12,15,18,25H,2-10,13-14H2,1H3. The summed E-state index contributed by atoms with van der Waals surface area (Å²) in [6.07, 6.45) is 5.45. The second-order valence-corrected chi connectivity index (χ2v) is 7.02. The van der Waals surface area contributed by atoms with E-state index in [9.17, 15) is 5.11 Å². The largest absolute Gasteiger partial charge is 0.393 e. The van der Waals surface area contributed by atoms with E-state index in [2.05, 4.69) is 20.6 Å². The number of aromatic nitrogens is 6. The molecular formula is C18H30N6O5. The summed E-state index contributed by atoms with van der Waals surface area (Å²) in [4.78, 5) is 0. The molecule has 0 radical (unpaired) electrons. The third kappa shape index (κ3) is 7.44. The molecule has 1 aliphatic carbocycles. The first-order valence-corrected chi connectivity index (χ1v) is 9.93. The van der Waals surface area contributed by atoms with Crippen molar-refractivity contribution in [3.05, 3.63) is 23.8 Å². The van der Waals surface area contributed by atoms with Crippen molar-refractivity contribution in [3.8, 4) is 0 Å². The lowest BCUT2D eigenvalue weighted by Crippen LogP contribution is -2.34. The lowest BCUT2D eigenvalue weighted by molar-refractivity contribution is 0.00836. The van der Waals surface area contributed by atoms with Gasteiger partial charge in [-0.25, -0.2) is 4.68 Å². The quantitative estimate of drug-likeness (QED) is 0.406. The summed E-state index contributed by atoms with van der Waals surface area (Å²) in [5, 5.41) is 25.7. The average molecular weight is 410 g/mol.